The Hall–Kier alpha value is -2.82. The highest BCUT2D eigenvalue weighted by Gasteiger charge is 2.05. The van der Waals surface area contributed by atoms with Crippen LogP contribution in [0.1, 0.15) is 21.5 Å². The third-order valence-corrected chi connectivity index (χ3v) is 3.17. The Morgan fingerprint density at radius 3 is 2.43 bits per heavy atom. The van der Waals surface area contributed by atoms with Crippen molar-refractivity contribution >= 4 is 12.0 Å². The zero-order valence-corrected chi connectivity index (χ0v) is 13.0. The molecule has 0 aliphatic rings. The Balaban J connectivity index is 1.63. The first-order valence-corrected chi connectivity index (χ1v) is 7.44. The van der Waals surface area contributed by atoms with E-state index in [2.05, 4.69) is 10.6 Å². The van der Waals surface area contributed by atoms with Gasteiger partial charge < -0.3 is 15.4 Å². The second-order valence-electron chi connectivity index (χ2n) is 5.11. The van der Waals surface area contributed by atoms with Crippen LogP contribution in [-0.4, -0.2) is 25.1 Å². The fraction of sp³-hybridized carbons (Fsp3) is 0.222. The zero-order chi connectivity index (χ0) is 16.5. The standard InChI is InChI=1S/C18H20N2O3/c1-14-6-5-9-16(12-14)17(21)19-10-11-20-18(22)23-13-15-7-3-2-4-8-15/h2-9,12H,10-11,13H2,1H3,(H,19,21)(H,20,22). The number of ether oxygens (including phenoxy) is 1. The minimum atomic E-state index is -0.501. The maximum Gasteiger partial charge on any atom is 0.407 e. The minimum Gasteiger partial charge on any atom is -0.445 e. The van der Waals surface area contributed by atoms with Gasteiger partial charge in [0, 0.05) is 18.7 Å². The van der Waals surface area contributed by atoms with Crippen LogP contribution in [0.5, 0.6) is 0 Å². The summed E-state index contributed by atoms with van der Waals surface area (Å²) in [5.41, 5.74) is 2.56. The molecule has 0 atom stereocenters. The Bertz CT molecular complexity index is 656. The van der Waals surface area contributed by atoms with Gasteiger partial charge in [-0.05, 0) is 24.6 Å². The van der Waals surface area contributed by atoms with E-state index in [1.54, 1.807) is 6.07 Å². The van der Waals surface area contributed by atoms with E-state index >= 15 is 0 Å². The Morgan fingerprint density at radius 1 is 0.957 bits per heavy atom. The molecule has 5 heteroatoms. The minimum absolute atomic E-state index is 0.159. The predicted molar refractivity (Wildman–Crippen MR) is 88.1 cm³/mol. The van der Waals surface area contributed by atoms with Crippen LogP contribution < -0.4 is 10.6 Å². The van der Waals surface area contributed by atoms with Crippen LogP contribution in [0.25, 0.3) is 0 Å². The van der Waals surface area contributed by atoms with E-state index in [-0.39, 0.29) is 12.5 Å². The number of nitrogens with one attached hydrogen (secondary N) is 2. The lowest BCUT2D eigenvalue weighted by molar-refractivity contribution is 0.0951. The highest BCUT2D eigenvalue weighted by molar-refractivity contribution is 5.94. The monoisotopic (exact) mass is 312 g/mol. The van der Waals surface area contributed by atoms with Gasteiger partial charge in [0.05, 0.1) is 0 Å². The molecule has 0 bridgehead atoms. The smallest absolute Gasteiger partial charge is 0.407 e. The maximum absolute atomic E-state index is 11.9. The first-order chi connectivity index (χ1) is 11.1. The number of hydrogen-bond donors (Lipinski definition) is 2. The summed E-state index contributed by atoms with van der Waals surface area (Å²) in [5, 5.41) is 5.34. The summed E-state index contributed by atoms with van der Waals surface area (Å²) < 4.78 is 5.07. The second-order valence-corrected chi connectivity index (χ2v) is 5.11. The van der Waals surface area contributed by atoms with Crippen molar-refractivity contribution in [3.05, 3.63) is 71.3 Å². The van der Waals surface area contributed by atoms with Gasteiger partial charge in [0.1, 0.15) is 6.61 Å². The van der Waals surface area contributed by atoms with Gasteiger partial charge in [-0.1, -0.05) is 48.0 Å². The third-order valence-electron chi connectivity index (χ3n) is 3.17. The molecule has 2 aromatic rings. The molecule has 2 N–H and O–H groups in total. The number of amides is 2. The maximum atomic E-state index is 11.9. The second kappa shape index (κ2) is 8.58. The normalized spacial score (nSPS) is 9.96. The van der Waals surface area contributed by atoms with Crippen LogP contribution >= 0.6 is 0 Å². The summed E-state index contributed by atoms with van der Waals surface area (Å²) in [4.78, 5) is 23.4. The lowest BCUT2D eigenvalue weighted by Gasteiger charge is -2.08. The van der Waals surface area contributed by atoms with Gasteiger partial charge in [0.25, 0.3) is 5.91 Å². The molecule has 2 aromatic carbocycles. The summed E-state index contributed by atoms with van der Waals surface area (Å²) in [7, 11) is 0. The molecular formula is C18H20N2O3. The van der Waals surface area contributed by atoms with Crippen LogP contribution in [0, 0.1) is 6.92 Å². The average molecular weight is 312 g/mol. The van der Waals surface area contributed by atoms with E-state index in [1.807, 2.05) is 55.5 Å². The fourth-order valence-corrected chi connectivity index (χ4v) is 2.00. The van der Waals surface area contributed by atoms with Crippen molar-refractivity contribution in [1.82, 2.24) is 10.6 Å². The molecule has 0 aliphatic carbocycles. The quantitative estimate of drug-likeness (QED) is 0.806. The SMILES string of the molecule is Cc1cccc(C(=O)NCCNC(=O)OCc2ccccc2)c1. The third kappa shape index (κ3) is 5.82. The molecule has 0 fully saturated rings. The number of hydrogen-bond acceptors (Lipinski definition) is 3. The van der Waals surface area contributed by atoms with E-state index in [4.69, 9.17) is 4.74 Å². The lowest BCUT2D eigenvalue weighted by Crippen LogP contribution is -2.34. The molecule has 2 amide bonds. The zero-order valence-electron chi connectivity index (χ0n) is 13.0. The van der Waals surface area contributed by atoms with Crippen LogP contribution in [-0.2, 0) is 11.3 Å². The molecule has 120 valence electrons. The number of alkyl carbamates (subject to hydrolysis) is 1. The van der Waals surface area contributed by atoms with Crippen molar-refractivity contribution in [2.75, 3.05) is 13.1 Å². The summed E-state index contributed by atoms with van der Waals surface area (Å²) in [6, 6.07) is 16.8. The largest absolute Gasteiger partial charge is 0.445 e. The molecule has 0 saturated heterocycles. The number of benzene rings is 2. The van der Waals surface area contributed by atoms with Gasteiger partial charge in [-0.3, -0.25) is 4.79 Å². The summed E-state index contributed by atoms with van der Waals surface area (Å²) in [6.45, 7) is 2.81. The van der Waals surface area contributed by atoms with E-state index < -0.39 is 6.09 Å². The molecule has 0 unspecified atom stereocenters. The van der Waals surface area contributed by atoms with Crippen molar-refractivity contribution in [3.8, 4) is 0 Å². The van der Waals surface area contributed by atoms with Gasteiger partial charge >= 0.3 is 6.09 Å². The molecule has 5 nitrogen and oxygen atoms in total. The summed E-state index contributed by atoms with van der Waals surface area (Å²) in [6.07, 6.45) is -0.501. The molecule has 0 saturated carbocycles. The highest BCUT2D eigenvalue weighted by atomic mass is 16.5. The molecule has 23 heavy (non-hydrogen) atoms. The molecular weight excluding hydrogens is 292 g/mol. The topological polar surface area (TPSA) is 67.4 Å². The van der Waals surface area contributed by atoms with Crippen molar-refractivity contribution < 1.29 is 14.3 Å². The van der Waals surface area contributed by atoms with Crippen molar-refractivity contribution in [2.24, 2.45) is 0 Å². The molecule has 2 rings (SSSR count). The Kier molecular flexibility index (Phi) is 6.17. The van der Waals surface area contributed by atoms with E-state index in [1.165, 1.54) is 0 Å². The molecule has 0 aromatic heterocycles. The molecule has 0 radical (unpaired) electrons. The van der Waals surface area contributed by atoms with Crippen LogP contribution in [0.3, 0.4) is 0 Å². The van der Waals surface area contributed by atoms with Crippen molar-refractivity contribution in [2.45, 2.75) is 13.5 Å². The van der Waals surface area contributed by atoms with Crippen LogP contribution in [0.2, 0.25) is 0 Å². The van der Waals surface area contributed by atoms with Gasteiger partial charge in [0.15, 0.2) is 0 Å². The predicted octanol–water partition coefficient (Wildman–Crippen LogP) is 2.65. The average Bonchev–Trinajstić information content (AvgIpc) is 2.57. The molecule has 0 spiro atoms. The summed E-state index contributed by atoms with van der Waals surface area (Å²) >= 11 is 0. The van der Waals surface area contributed by atoms with Gasteiger partial charge in [0.2, 0.25) is 0 Å². The van der Waals surface area contributed by atoms with Crippen molar-refractivity contribution in [3.63, 3.8) is 0 Å². The Labute approximate surface area is 135 Å². The van der Waals surface area contributed by atoms with Crippen molar-refractivity contribution in [1.29, 1.82) is 0 Å². The Morgan fingerprint density at radius 2 is 1.70 bits per heavy atom. The number of aryl methyl sites for hydroxylation is 1. The number of carbonyl (C=O) groups is 2. The lowest BCUT2D eigenvalue weighted by atomic mass is 10.1. The first-order valence-electron chi connectivity index (χ1n) is 7.44. The van der Waals surface area contributed by atoms with E-state index in [0.717, 1.165) is 11.1 Å². The molecule has 0 heterocycles. The van der Waals surface area contributed by atoms with E-state index in [9.17, 15) is 9.59 Å². The van der Waals surface area contributed by atoms with Gasteiger partial charge in [-0.15, -0.1) is 0 Å². The highest BCUT2D eigenvalue weighted by Crippen LogP contribution is 2.03. The first kappa shape index (κ1) is 16.5. The van der Waals surface area contributed by atoms with Crippen LogP contribution in [0.4, 0.5) is 4.79 Å². The van der Waals surface area contributed by atoms with E-state index in [0.29, 0.717) is 18.7 Å². The number of rotatable bonds is 6. The molecule has 0 aliphatic heterocycles. The van der Waals surface area contributed by atoms with Crippen LogP contribution in [0.15, 0.2) is 54.6 Å². The fourth-order valence-electron chi connectivity index (χ4n) is 2.00. The van der Waals surface area contributed by atoms with Gasteiger partial charge in [-0.2, -0.15) is 0 Å². The number of carbonyl (C=O) groups excluding carboxylic acids is 2. The van der Waals surface area contributed by atoms with Gasteiger partial charge in [-0.25, -0.2) is 4.79 Å². The summed E-state index contributed by atoms with van der Waals surface area (Å²) in [5.74, 6) is -0.159.